The lowest BCUT2D eigenvalue weighted by Crippen LogP contribution is -2.53. The zero-order valence-electron chi connectivity index (χ0n) is 11.6. The van der Waals surface area contributed by atoms with Gasteiger partial charge in [-0.15, -0.1) is 0 Å². The molecule has 17 heavy (non-hydrogen) atoms. The van der Waals surface area contributed by atoms with Gasteiger partial charge in [-0.2, -0.15) is 0 Å². The van der Waals surface area contributed by atoms with Crippen molar-refractivity contribution >= 4 is 5.91 Å². The molecule has 0 atom stereocenters. The van der Waals surface area contributed by atoms with E-state index in [4.69, 9.17) is 10.5 Å². The number of hydrogen-bond donors (Lipinski definition) is 2. The zero-order valence-corrected chi connectivity index (χ0v) is 11.6. The number of rotatable bonds is 10. The van der Waals surface area contributed by atoms with Crippen LogP contribution >= 0.6 is 0 Å². The average Bonchev–Trinajstić information content (AvgIpc) is 2.36. The molecule has 0 radical (unpaired) electrons. The van der Waals surface area contributed by atoms with E-state index in [2.05, 4.69) is 12.2 Å². The zero-order chi connectivity index (χ0) is 13.1. The lowest BCUT2D eigenvalue weighted by Gasteiger charge is -2.31. The molecule has 1 amide bonds. The third-order valence-electron chi connectivity index (χ3n) is 3.27. The van der Waals surface area contributed by atoms with Gasteiger partial charge in [-0.1, -0.05) is 33.6 Å². The molecule has 0 aliphatic rings. The summed E-state index contributed by atoms with van der Waals surface area (Å²) in [6.07, 6.45) is 5.03. The summed E-state index contributed by atoms with van der Waals surface area (Å²) in [7, 11) is 0. The van der Waals surface area contributed by atoms with Gasteiger partial charge in [0.2, 0.25) is 5.91 Å². The maximum atomic E-state index is 11.7. The molecule has 0 fully saturated rings. The van der Waals surface area contributed by atoms with Gasteiger partial charge in [-0.3, -0.25) is 4.79 Å². The van der Waals surface area contributed by atoms with Crippen molar-refractivity contribution in [2.75, 3.05) is 19.8 Å². The van der Waals surface area contributed by atoms with Crippen molar-refractivity contribution in [3.63, 3.8) is 0 Å². The van der Waals surface area contributed by atoms with Crippen LogP contribution in [-0.2, 0) is 9.53 Å². The first-order valence-corrected chi connectivity index (χ1v) is 6.73. The van der Waals surface area contributed by atoms with Crippen LogP contribution in [-0.4, -0.2) is 31.2 Å². The van der Waals surface area contributed by atoms with E-state index in [0.717, 1.165) is 32.1 Å². The van der Waals surface area contributed by atoms with E-state index >= 15 is 0 Å². The number of amides is 1. The van der Waals surface area contributed by atoms with E-state index in [1.54, 1.807) is 0 Å². The van der Waals surface area contributed by atoms with Crippen molar-refractivity contribution in [2.24, 2.45) is 5.73 Å². The van der Waals surface area contributed by atoms with E-state index in [0.29, 0.717) is 13.2 Å². The lowest BCUT2D eigenvalue weighted by molar-refractivity contribution is -0.127. The van der Waals surface area contributed by atoms with Crippen LogP contribution in [0.2, 0.25) is 0 Å². The Morgan fingerprint density at radius 3 is 2.35 bits per heavy atom. The number of hydrogen-bond acceptors (Lipinski definition) is 3. The van der Waals surface area contributed by atoms with Gasteiger partial charge in [0, 0.05) is 13.2 Å². The van der Waals surface area contributed by atoms with Crippen LogP contribution in [0.4, 0.5) is 0 Å². The standard InChI is InChI=1S/C13H28N2O2/c1-4-7-8-9-17-10-12(16)15-13(5-2,6-3)11-14/h4-11,14H2,1-3H3,(H,15,16). The van der Waals surface area contributed by atoms with Crippen LogP contribution in [0.15, 0.2) is 0 Å². The third-order valence-corrected chi connectivity index (χ3v) is 3.27. The lowest BCUT2D eigenvalue weighted by atomic mass is 9.93. The summed E-state index contributed by atoms with van der Waals surface area (Å²) in [6, 6.07) is 0. The Labute approximate surface area is 105 Å². The monoisotopic (exact) mass is 244 g/mol. The summed E-state index contributed by atoms with van der Waals surface area (Å²) in [6.45, 7) is 7.50. The van der Waals surface area contributed by atoms with Gasteiger partial charge in [0.1, 0.15) is 6.61 Å². The second-order valence-electron chi connectivity index (χ2n) is 4.50. The Balaban J connectivity index is 3.83. The minimum absolute atomic E-state index is 0.0596. The Bertz CT molecular complexity index is 195. The molecule has 0 bridgehead atoms. The average molecular weight is 244 g/mol. The number of nitrogens with one attached hydrogen (secondary N) is 1. The molecule has 0 aliphatic heterocycles. The minimum atomic E-state index is -0.260. The summed E-state index contributed by atoms with van der Waals surface area (Å²) >= 11 is 0. The highest BCUT2D eigenvalue weighted by atomic mass is 16.5. The van der Waals surface area contributed by atoms with Gasteiger partial charge >= 0.3 is 0 Å². The number of carbonyl (C=O) groups is 1. The number of nitrogens with two attached hydrogens (primary N) is 1. The molecule has 0 aliphatic carbocycles. The number of carbonyl (C=O) groups excluding carboxylic acids is 1. The van der Waals surface area contributed by atoms with Crippen molar-refractivity contribution in [2.45, 2.75) is 58.4 Å². The Hall–Kier alpha value is -0.610. The van der Waals surface area contributed by atoms with Crippen LogP contribution in [0.3, 0.4) is 0 Å². The molecule has 0 spiro atoms. The van der Waals surface area contributed by atoms with Crippen molar-refractivity contribution in [3.05, 3.63) is 0 Å². The molecule has 102 valence electrons. The maximum absolute atomic E-state index is 11.7. The molecule has 4 nitrogen and oxygen atoms in total. The number of unbranched alkanes of at least 4 members (excludes halogenated alkanes) is 2. The Morgan fingerprint density at radius 2 is 1.88 bits per heavy atom. The largest absolute Gasteiger partial charge is 0.372 e. The van der Waals surface area contributed by atoms with Crippen molar-refractivity contribution in [1.29, 1.82) is 0 Å². The van der Waals surface area contributed by atoms with E-state index in [1.165, 1.54) is 0 Å². The van der Waals surface area contributed by atoms with Gasteiger partial charge in [-0.05, 0) is 19.3 Å². The molecular weight excluding hydrogens is 216 g/mol. The van der Waals surface area contributed by atoms with Gasteiger partial charge in [0.15, 0.2) is 0 Å². The fourth-order valence-electron chi connectivity index (χ4n) is 1.72. The quantitative estimate of drug-likeness (QED) is 0.576. The van der Waals surface area contributed by atoms with E-state index in [1.807, 2.05) is 13.8 Å². The normalized spacial score (nSPS) is 11.5. The molecule has 0 saturated carbocycles. The predicted molar refractivity (Wildman–Crippen MR) is 70.9 cm³/mol. The van der Waals surface area contributed by atoms with Crippen LogP contribution in [0.1, 0.15) is 52.9 Å². The van der Waals surface area contributed by atoms with Gasteiger partial charge in [-0.25, -0.2) is 0 Å². The summed E-state index contributed by atoms with van der Waals surface area (Å²) in [5.74, 6) is -0.0596. The van der Waals surface area contributed by atoms with Crippen LogP contribution in [0.25, 0.3) is 0 Å². The summed E-state index contributed by atoms with van der Waals surface area (Å²) in [5, 5.41) is 2.98. The van der Waals surface area contributed by atoms with Crippen molar-refractivity contribution in [1.82, 2.24) is 5.32 Å². The smallest absolute Gasteiger partial charge is 0.246 e. The maximum Gasteiger partial charge on any atom is 0.246 e. The molecule has 0 saturated heterocycles. The summed E-state index contributed by atoms with van der Waals surface area (Å²) < 4.78 is 5.32. The molecule has 0 unspecified atom stereocenters. The van der Waals surface area contributed by atoms with Crippen molar-refractivity contribution < 1.29 is 9.53 Å². The molecule has 0 aromatic carbocycles. The first-order chi connectivity index (χ1) is 8.14. The van der Waals surface area contributed by atoms with Gasteiger partial charge in [0.25, 0.3) is 0 Å². The Morgan fingerprint density at radius 1 is 1.24 bits per heavy atom. The highest BCUT2D eigenvalue weighted by Gasteiger charge is 2.25. The topological polar surface area (TPSA) is 64.3 Å². The second kappa shape index (κ2) is 9.42. The van der Waals surface area contributed by atoms with Crippen LogP contribution in [0.5, 0.6) is 0 Å². The molecule has 0 aromatic rings. The molecular formula is C13H28N2O2. The molecule has 0 aromatic heterocycles. The first kappa shape index (κ1) is 16.4. The molecule has 0 rings (SSSR count). The molecule has 3 N–H and O–H groups in total. The fourth-order valence-corrected chi connectivity index (χ4v) is 1.72. The third kappa shape index (κ3) is 6.64. The summed E-state index contributed by atoms with van der Waals surface area (Å²) in [4.78, 5) is 11.7. The SMILES string of the molecule is CCCCCOCC(=O)NC(CC)(CC)CN. The Kier molecular flexibility index (Phi) is 9.09. The predicted octanol–water partition coefficient (Wildman–Crippen LogP) is 1.83. The number of ether oxygens (including phenoxy) is 1. The first-order valence-electron chi connectivity index (χ1n) is 6.73. The van der Waals surface area contributed by atoms with Crippen molar-refractivity contribution in [3.8, 4) is 0 Å². The van der Waals surface area contributed by atoms with Gasteiger partial charge < -0.3 is 15.8 Å². The highest BCUT2D eigenvalue weighted by molar-refractivity contribution is 5.78. The van der Waals surface area contributed by atoms with Crippen LogP contribution in [0, 0.1) is 0 Å². The summed E-state index contributed by atoms with van der Waals surface area (Å²) in [5.41, 5.74) is 5.46. The second-order valence-corrected chi connectivity index (χ2v) is 4.50. The van der Waals surface area contributed by atoms with E-state index in [9.17, 15) is 4.79 Å². The van der Waals surface area contributed by atoms with Gasteiger partial charge in [0.05, 0.1) is 5.54 Å². The van der Waals surface area contributed by atoms with E-state index in [-0.39, 0.29) is 18.1 Å². The fraction of sp³-hybridized carbons (Fsp3) is 0.923. The van der Waals surface area contributed by atoms with Crippen LogP contribution < -0.4 is 11.1 Å². The van der Waals surface area contributed by atoms with E-state index < -0.39 is 0 Å². The molecule has 0 heterocycles. The molecule has 4 heteroatoms. The minimum Gasteiger partial charge on any atom is -0.372 e. The highest BCUT2D eigenvalue weighted by Crippen LogP contribution is 2.12.